The summed E-state index contributed by atoms with van der Waals surface area (Å²) < 4.78 is 1.77. The maximum Gasteiger partial charge on any atom is 0.157 e. The van der Waals surface area contributed by atoms with Gasteiger partial charge in [-0.1, -0.05) is 0 Å². The number of nitrogens with two attached hydrogens (primary N) is 1. The third kappa shape index (κ3) is 1.54. The molecule has 2 heterocycles. The maximum atomic E-state index is 5.43. The largest absolute Gasteiger partial charge is 0.369 e. The summed E-state index contributed by atoms with van der Waals surface area (Å²) in [7, 11) is 0. The summed E-state index contributed by atoms with van der Waals surface area (Å²) in [5.41, 5.74) is 7.43. The van der Waals surface area contributed by atoms with Crippen molar-refractivity contribution in [2.45, 2.75) is 6.92 Å². The molecule has 0 aromatic carbocycles. The number of pyridine rings is 1. The Hall–Kier alpha value is -1.62. The van der Waals surface area contributed by atoms with Gasteiger partial charge in [-0.15, -0.1) is 0 Å². The lowest BCUT2D eigenvalue weighted by molar-refractivity contribution is 0.928. The zero-order chi connectivity index (χ0) is 9.97. The number of hydrogen-bond acceptors (Lipinski definition) is 4. The molecule has 0 spiro atoms. The van der Waals surface area contributed by atoms with Crippen LogP contribution in [0.3, 0.4) is 0 Å². The van der Waals surface area contributed by atoms with E-state index in [4.69, 9.17) is 5.73 Å². The number of fused-ring (bicyclic) bond motifs is 1. The van der Waals surface area contributed by atoms with E-state index in [1.54, 1.807) is 10.8 Å². The highest BCUT2D eigenvalue weighted by Crippen LogP contribution is 2.12. The minimum atomic E-state index is 0.601. The lowest BCUT2D eigenvalue weighted by atomic mass is 10.3. The summed E-state index contributed by atoms with van der Waals surface area (Å²) >= 11 is 0. The van der Waals surface area contributed by atoms with E-state index in [9.17, 15) is 0 Å². The molecule has 14 heavy (non-hydrogen) atoms. The summed E-state index contributed by atoms with van der Waals surface area (Å²) in [5, 5.41) is 7.31. The van der Waals surface area contributed by atoms with E-state index in [0.717, 1.165) is 23.6 Å². The number of aromatic nitrogens is 3. The molecule has 3 N–H and O–H groups in total. The summed E-state index contributed by atoms with van der Waals surface area (Å²) in [5.74, 6) is 0.933. The molecular weight excluding hydrogens is 178 g/mol. The SMILES string of the molecule is Cc1cc(NCCN)n2ncnc2c1. The second kappa shape index (κ2) is 3.63. The Morgan fingerprint density at radius 3 is 3.14 bits per heavy atom. The number of rotatable bonds is 3. The van der Waals surface area contributed by atoms with Crippen molar-refractivity contribution in [1.29, 1.82) is 0 Å². The van der Waals surface area contributed by atoms with Gasteiger partial charge in [0.2, 0.25) is 0 Å². The molecule has 0 aliphatic carbocycles. The molecule has 0 saturated carbocycles. The van der Waals surface area contributed by atoms with E-state index in [1.807, 2.05) is 19.1 Å². The Bertz CT molecular complexity index is 434. The van der Waals surface area contributed by atoms with Crippen LogP contribution in [-0.4, -0.2) is 27.7 Å². The van der Waals surface area contributed by atoms with Crippen molar-refractivity contribution in [3.05, 3.63) is 24.0 Å². The van der Waals surface area contributed by atoms with Crippen molar-refractivity contribution in [2.75, 3.05) is 18.4 Å². The molecule has 0 atom stereocenters. The molecule has 0 saturated heterocycles. The zero-order valence-corrected chi connectivity index (χ0v) is 8.07. The number of nitrogens with one attached hydrogen (secondary N) is 1. The molecule has 2 rings (SSSR count). The van der Waals surface area contributed by atoms with Crippen molar-refractivity contribution < 1.29 is 0 Å². The number of aryl methyl sites for hydroxylation is 1. The Labute approximate surface area is 81.9 Å². The lowest BCUT2D eigenvalue weighted by Gasteiger charge is -2.07. The van der Waals surface area contributed by atoms with E-state index in [0.29, 0.717) is 6.54 Å². The maximum absolute atomic E-state index is 5.43. The van der Waals surface area contributed by atoms with Crippen molar-refractivity contribution in [3.63, 3.8) is 0 Å². The molecule has 2 aromatic heterocycles. The summed E-state index contributed by atoms with van der Waals surface area (Å²) in [6.07, 6.45) is 1.54. The highest BCUT2D eigenvalue weighted by atomic mass is 15.3. The van der Waals surface area contributed by atoms with Crippen LogP contribution in [-0.2, 0) is 0 Å². The fourth-order valence-electron chi connectivity index (χ4n) is 1.38. The van der Waals surface area contributed by atoms with Gasteiger partial charge in [0.25, 0.3) is 0 Å². The minimum Gasteiger partial charge on any atom is -0.369 e. The van der Waals surface area contributed by atoms with E-state index < -0.39 is 0 Å². The van der Waals surface area contributed by atoms with Crippen LogP contribution in [0.5, 0.6) is 0 Å². The van der Waals surface area contributed by atoms with Gasteiger partial charge in [-0.05, 0) is 24.6 Å². The minimum absolute atomic E-state index is 0.601. The smallest absolute Gasteiger partial charge is 0.157 e. The number of anilines is 1. The van der Waals surface area contributed by atoms with Crippen LogP contribution >= 0.6 is 0 Å². The second-order valence-corrected chi connectivity index (χ2v) is 3.16. The molecule has 0 aliphatic heterocycles. The molecule has 0 unspecified atom stereocenters. The Morgan fingerprint density at radius 2 is 2.36 bits per heavy atom. The van der Waals surface area contributed by atoms with Gasteiger partial charge in [-0.25, -0.2) is 4.98 Å². The quantitative estimate of drug-likeness (QED) is 0.737. The average molecular weight is 191 g/mol. The van der Waals surface area contributed by atoms with Gasteiger partial charge in [0, 0.05) is 13.1 Å². The van der Waals surface area contributed by atoms with Gasteiger partial charge < -0.3 is 11.1 Å². The van der Waals surface area contributed by atoms with Gasteiger partial charge in [-0.2, -0.15) is 9.61 Å². The molecule has 0 aliphatic rings. The van der Waals surface area contributed by atoms with Gasteiger partial charge in [0.1, 0.15) is 12.1 Å². The second-order valence-electron chi connectivity index (χ2n) is 3.16. The van der Waals surface area contributed by atoms with E-state index in [2.05, 4.69) is 15.4 Å². The number of hydrogen-bond donors (Lipinski definition) is 2. The van der Waals surface area contributed by atoms with Gasteiger partial charge in [-0.3, -0.25) is 0 Å². The van der Waals surface area contributed by atoms with Gasteiger partial charge in [0.05, 0.1) is 0 Å². The van der Waals surface area contributed by atoms with Gasteiger partial charge >= 0.3 is 0 Å². The Morgan fingerprint density at radius 1 is 1.50 bits per heavy atom. The first kappa shape index (κ1) is 8.96. The monoisotopic (exact) mass is 191 g/mol. The molecule has 0 fully saturated rings. The standard InChI is InChI=1S/C9H13N5/c1-7-4-8(11-3-2-10)14-9(5-7)12-6-13-14/h4-6,11H,2-3,10H2,1H3. The van der Waals surface area contributed by atoms with Crippen molar-refractivity contribution in [2.24, 2.45) is 5.73 Å². The molecule has 0 amide bonds. The highest BCUT2D eigenvalue weighted by Gasteiger charge is 2.02. The van der Waals surface area contributed by atoms with E-state index >= 15 is 0 Å². The highest BCUT2D eigenvalue weighted by molar-refractivity contribution is 5.51. The average Bonchev–Trinajstić information content (AvgIpc) is 2.61. The molecule has 5 nitrogen and oxygen atoms in total. The van der Waals surface area contributed by atoms with Crippen LogP contribution in [0.25, 0.3) is 5.65 Å². The first-order chi connectivity index (χ1) is 6.81. The fourth-order valence-corrected chi connectivity index (χ4v) is 1.38. The molecule has 2 aromatic rings. The zero-order valence-electron chi connectivity index (χ0n) is 8.07. The van der Waals surface area contributed by atoms with Crippen LogP contribution in [0.15, 0.2) is 18.5 Å². The first-order valence-corrected chi connectivity index (χ1v) is 4.55. The summed E-state index contributed by atoms with van der Waals surface area (Å²) in [4.78, 5) is 4.13. The van der Waals surface area contributed by atoms with Crippen molar-refractivity contribution in [1.82, 2.24) is 14.6 Å². The van der Waals surface area contributed by atoms with Crippen LogP contribution < -0.4 is 11.1 Å². The Kier molecular flexibility index (Phi) is 2.32. The first-order valence-electron chi connectivity index (χ1n) is 4.55. The summed E-state index contributed by atoms with van der Waals surface area (Å²) in [6, 6.07) is 4.01. The van der Waals surface area contributed by atoms with Crippen LogP contribution in [0.4, 0.5) is 5.82 Å². The Balaban J connectivity index is 2.44. The van der Waals surface area contributed by atoms with Gasteiger partial charge in [0.15, 0.2) is 5.65 Å². The van der Waals surface area contributed by atoms with Crippen LogP contribution in [0.2, 0.25) is 0 Å². The number of nitrogens with zero attached hydrogens (tertiary/aromatic N) is 3. The van der Waals surface area contributed by atoms with E-state index in [-0.39, 0.29) is 0 Å². The van der Waals surface area contributed by atoms with Crippen LogP contribution in [0, 0.1) is 6.92 Å². The predicted molar refractivity (Wildman–Crippen MR) is 55.3 cm³/mol. The topological polar surface area (TPSA) is 68.2 Å². The molecule has 5 heteroatoms. The third-order valence-corrected chi connectivity index (χ3v) is 1.97. The third-order valence-electron chi connectivity index (χ3n) is 1.97. The fraction of sp³-hybridized carbons (Fsp3) is 0.333. The van der Waals surface area contributed by atoms with E-state index in [1.165, 1.54) is 0 Å². The van der Waals surface area contributed by atoms with Crippen molar-refractivity contribution in [3.8, 4) is 0 Å². The molecule has 0 bridgehead atoms. The molecule has 74 valence electrons. The summed E-state index contributed by atoms with van der Waals surface area (Å²) in [6.45, 7) is 3.37. The lowest BCUT2D eigenvalue weighted by Crippen LogP contribution is -2.15. The predicted octanol–water partition coefficient (Wildman–Crippen LogP) is 0.408. The molecule has 0 radical (unpaired) electrons. The molecular formula is C9H13N5. The van der Waals surface area contributed by atoms with Crippen LogP contribution in [0.1, 0.15) is 5.56 Å². The van der Waals surface area contributed by atoms with Crippen molar-refractivity contribution >= 4 is 11.5 Å². The normalized spacial score (nSPS) is 10.7.